The number of carbonyl (C=O) groups is 1. The van der Waals surface area contributed by atoms with E-state index in [0.717, 1.165) is 12.1 Å². The fraction of sp³-hybridized carbons (Fsp3) is 0.276. The fourth-order valence-corrected chi connectivity index (χ4v) is 4.02. The van der Waals surface area contributed by atoms with Gasteiger partial charge in [-0.1, -0.05) is 11.6 Å². The number of ether oxygens (including phenoxy) is 5. The van der Waals surface area contributed by atoms with E-state index in [1.54, 1.807) is 50.6 Å². The molecule has 43 heavy (non-hydrogen) atoms. The Balaban J connectivity index is 1.46. The van der Waals surface area contributed by atoms with E-state index in [1.165, 1.54) is 12.4 Å². The average Bonchev–Trinajstić information content (AvgIpc) is 2.97. The van der Waals surface area contributed by atoms with E-state index in [2.05, 4.69) is 20.6 Å². The second kappa shape index (κ2) is 14.7. The summed E-state index contributed by atoms with van der Waals surface area (Å²) in [6.07, 6.45) is -2.61. The maximum Gasteiger partial charge on any atom is 0.417 e. The largest absolute Gasteiger partial charge is 0.490 e. The summed E-state index contributed by atoms with van der Waals surface area (Å²) >= 11 is 5.63. The molecule has 3 aromatic carbocycles. The van der Waals surface area contributed by atoms with Crippen molar-refractivity contribution in [3.05, 3.63) is 71.5 Å². The first-order valence-electron chi connectivity index (χ1n) is 12.9. The zero-order valence-electron chi connectivity index (χ0n) is 23.2. The lowest BCUT2D eigenvalue weighted by Crippen LogP contribution is -2.19. The molecule has 0 unspecified atom stereocenters. The Morgan fingerprint density at radius 2 is 1.51 bits per heavy atom. The topological polar surface area (TPSA) is 113 Å². The number of urea groups is 1. The van der Waals surface area contributed by atoms with Crippen LogP contribution in [0, 0.1) is 0 Å². The highest BCUT2D eigenvalue weighted by Crippen LogP contribution is 2.37. The van der Waals surface area contributed by atoms with Crippen molar-refractivity contribution in [2.75, 3.05) is 51.3 Å². The van der Waals surface area contributed by atoms with E-state index in [1.807, 2.05) is 0 Å². The second-order valence-electron chi connectivity index (χ2n) is 8.93. The summed E-state index contributed by atoms with van der Waals surface area (Å²) in [5.41, 5.74) is -0.188. The molecule has 0 spiro atoms. The molecule has 0 saturated heterocycles. The number of rotatable bonds is 13. The van der Waals surface area contributed by atoms with Crippen LogP contribution in [0.15, 0.2) is 60.9 Å². The number of methoxy groups -OCH3 is 2. The van der Waals surface area contributed by atoms with Gasteiger partial charge in [-0.05, 0) is 48.5 Å². The van der Waals surface area contributed by atoms with Crippen molar-refractivity contribution in [3.8, 4) is 23.1 Å². The fourth-order valence-electron chi connectivity index (χ4n) is 3.80. The van der Waals surface area contributed by atoms with Gasteiger partial charge in [0.1, 0.15) is 18.7 Å². The summed E-state index contributed by atoms with van der Waals surface area (Å²) < 4.78 is 67.3. The summed E-state index contributed by atoms with van der Waals surface area (Å²) in [5.74, 6) is 1.64. The molecule has 4 aromatic rings. The van der Waals surface area contributed by atoms with Gasteiger partial charge >= 0.3 is 12.2 Å². The Kier molecular flexibility index (Phi) is 10.8. The number of hydrogen-bond donors (Lipinski definition) is 2. The Bertz CT molecular complexity index is 1540. The molecule has 0 bridgehead atoms. The Morgan fingerprint density at radius 3 is 2.23 bits per heavy atom. The van der Waals surface area contributed by atoms with Gasteiger partial charge in [0.25, 0.3) is 0 Å². The molecule has 2 N–H and O–H groups in total. The monoisotopic (exact) mass is 620 g/mol. The number of nitrogens with one attached hydrogen (secondary N) is 2. The third-order valence-corrected chi connectivity index (χ3v) is 6.15. The minimum Gasteiger partial charge on any atom is -0.490 e. The van der Waals surface area contributed by atoms with Gasteiger partial charge in [-0.2, -0.15) is 13.2 Å². The lowest BCUT2D eigenvalue weighted by atomic mass is 10.2. The molecule has 228 valence electrons. The molecule has 0 atom stereocenters. The van der Waals surface area contributed by atoms with Crippen LogP contribution in [0.25, 0.3) is 10.9 Å². The van der Waals surface area contributed by atoms with Gasteiger partial charge in [-0.25, -0.2) is 14.8 Å². The molecular weight excluding hydrogens is 593 g/mol. The predicted octanol–water partition coefficient (Wildman–Crippen LogP) is 7.18. The van der Waals surface area contributed by atoms with Crippen molar-refractivity contribution >= 4 is 39.9 Å². The van der Waals surface area contributed by atoms with Crippen molar-refractivity contribution in [2.24, 2.45) is 0 Å². The van der Waals surface area contributed by atoms with E-state index in [4.69, 9.17) is 35.3 Å². The number of benzene rings is 3. The molecule has 0 aliphatic heterocycles. The predicted molar refractivity (Wildman–Crippen MR) is 155 cm³/mol. The summed E-state index contributed by atoms with van der Waals surface area (Å²) in [6, 6.07) is 12.1. The number of alkyl halides is 3. The minimum absolute atomic E-state index is 0.0704. The average molecular weight is 621 g/mol. The van der Waals surface area contributed by atoms with Crippen LogP contribution in [0.4, 0.5) is 29.3 Å². The number of carbonyl (C=O) groups excluding carboxylic acids is 1. The van der Waals surface area contributed by atoms with Crippen LogP contribution in [0.3, 0.4) is 0 Å². The van der Waals surface area contributed by atoms with Crippen LogP contribution in [0.5, 0.6) is 23.1 Å². The van der Waals surface area contributed by atoms with Crippen molar-refractivity contribution in [3.63, 3.8) is 0 Å². The lowest BCUT2D eigenvalue weighted by Gasteiger charge is -2.15. The number of nitrogens with zero attached hydrogens (tertiary/aromatic N) is 2. The van der Waals surface area contributed by atoms with Gasteiger partial charge in [-0.3, -0.25) is 0 Å². The zero-order chi connectivity index (χ0) is 30.8. The smallest absolute Gasteiger partial charge is 0.417 e. The van der Waals surface area contributed by atoms with Crippen LogP contribution in [0.1, 0.15) is 12.0 Å². The molecule has 0 aliphatic rings. The van der Waals surface area contributed by atoms with E-state index in [9.17, 15) is 18.0 Å². The van der Waals surface area contributed by atoms with Crippen LogP contribution < -0.4 is 24.8 Å². The molecule has 10 nitrogen and oxygen atoms in total. The molecule has 1 aromatic heterocycles. The summed E-state index contributed by atoms with van der Waals surface area (Å²) in [5, 5.41) is 5.02. The first kappa shape index (κ1) is 31.6. The number of hydrogen-bond acceptors (Lipinski definition) is 8. The molecule has 14 heteroatoms. The molecule has 0 radical (unpaired) electrons. The summed E-state index contributed by atoms with van der Waals surface area (Å²) in [4.78, 5) is 21.0. The highest BCUT2D eigenvalue weighted by atomic mass is 35.5. The maximum absolute atomic E-state index is 13.1. The molecular formula is C29H28ClF3N4O6. The maximum atomic E-state index is 13.1. The van der Waals surface area contributed by atoms with Gasteiger partial charge in [0.05, 0.1) is 34.7 Å². The standard InChI is InChI=1S/C29H28ClF3N4O6/c1-39-10-3-11-41-26-16-24-21(15-25(26)42-13-12-40-2)27(35-17-34-24)43-20-7-4-18(5-8-20)36-28(38)37-19-6-9-23(30)22(14-19)29(31,32)33/h4-9,14-17H,3,10-13H2,1-2H3,(H2,36,37,38). The normalized spacial score (nSPS) is 11.3. The van der Waals surface area contributed by atoms with Gasteiger partial charge in [0.2, 0.25) is 5.88 Å². The third kappa shape index (κ3) is 8.83. The SMILES string of the molecule is COCCCOc1cc2ncnc(Oc3ccc(NC(=O)Nc4ccc(Cl)c(C(F)(F)F)c4)cc3)c2cc1OCCOC. The lowest BCUT2D eigenvalue weighted by molar-refractivity contribution is -0.137. The Hall–Kier alpha value is -4.33. The van der Waals surface area contributed by atoms with Gasteiger partial charge < -0.3 is 34.3 Å². The van der Waals surface area contributed by atoms with Crippen molar-refractivity contribution in [1.82, 2.24) is 9.97 Å². The van der Waals surface area contributed by atoms with Crippen LogP contribution in [0.2, 0.25) is 5.02 Å². The Morgan fingerprint density at radius 1 is 0.837 bits per heavy atom. The van der Waals surface area contributed by atoms with E-state index in [0.29, 0.717) is 66.7 Å². The summed E-state index contributed by atoms with van der Waals surface area (Å²) in [6.45, 7) is 1.64. The first-order chi connectivity index (χ1) is 20.7. The molecule has 0 saturated carbocycles. The van der Waals surface area contributed by atoms with E-state index >= 15 is 0 Å². The van der Waals surface area contributed by atoms with Gasteiger partial charge in [0, 0.05) is 44.7 Å². The van der Waals surface area contributed by atoms with Gasteiger partial charge in [0.15, 0.2) is 11.5 Å². The van der Waals surface area contributed by atoms with E-state index < -0.39 is 22.8 Å². The van der Waals surface area contributed by atoms with Crippen molar-refractivity contribution < 1.29 is 41.7 Å². The van der Waals surface area contributed by atoms with Crippen molar-refractivity contribution in [2.45, 2.75) is 12.6 Å². The van der Waals surface area contributed by atoms with Gasteiger partial charge in [-0.15, -0.1) is 0 Å². The molecule has 1 heterocycles. The number of amides is 2. The molecule has 0 aliphatic carbocycles. The quantitative estimate of drug-likeness (QED) is 0.151. The Labute approximate surface area is 250 Å². The molecule has 2 amide bonds. The zero-order valence-corrected chi connectivity index (χ0v) is 23.9. The molecule has 0 fully saturated rings. The minimum atomic E-state index is -4.66. The number of anilines is 2. The molecule has 4 rings (SSSR count). The van der Waals surface area contributed by atoms with Crippen LogP contribution >= 0.6 is 11.6 Å². The number of halogens is 4. The number of aromatic nitrogens is 2. The third-order valence-electron chi connectivity index (χ3n) is 5.82. The van der Waals surface area contributed by atoms with Crippen molar-refractivity contribution in [1.29, 1.82) is 0 Å². The van der Waals surface area contributed by atoms with Crippen LogP contribution in [-0.2, 0) is 15.7 Å². The highest BCUT2D eigenvalue weighted by molar-refractivity contribution is 6.31. The van der Waals surface area contributed by atoms with Crippen LogP contribution in [-0.4, -0.2) is 56.6 Å². The summed E-state index contributed by atoms with van der Waals surface area (Å²) in [7, 11) is 3.20. The first-order valence-corrected chi connectivity index (χ1v) is 13.3. The second-order valence-corrected chi connectivity index (χ2v) is 9.34. The highest BCUT2D eigenvalue weighted by Gasteiger charge is 2.33. The van der Waals surface area contributed by atoms with E-state index in [-0.39, 0.29) is 11.6 Å². The number of fused-ring (bicyclic) bond motifs is 1.